The molecule has 2 aromatic rings. The zero-order valence-corrected chi connectivity index (χ0v) is 10.2. The third kappa shape index (κ3) is 2.03. The average Bonchev–Trinajstić information content (AvgIpc) is 2.79. The van der Waals surface area contributed by atoms with Crippen molar-refractivity contribution in [3.05, 3.63) is 59.2 Å². The lowest BCUT2D eigenvalue weighted by atomic mass is 10.1. The molecule has 0 heterocycles. The third-order valence-corrected chi connectivity index (χ3v) is 3.53. The fourth-order valence-corrected chi connectivity index (χ4v) is 2.59. The Morgan fingerprint density at radius 1 is 1.05 bits per heavy atom. The first-order chi connectivity index (χ1) is 9.16. The van der Waals surface area contributed by atoms with E-state index in [0.29, 0.717) is 12.8 Å². The topological polar surface area (TPSA) is 32.3 Å². The molecule has 98 valence electrons. The Morgan fingerprint density at radius 3 is 2.47 bits per heavy atom. The van der Waals surface area contributed by atoms with Gasteiger partial charge in [0, 0.05) is 0 Å². The van der Waals surface area contributed by atoms with Crippen LogP contribution in [0.5, 0.6) is 5.75 Å². The molecule has 0 spiro atoms. The number of nitrogens with one attached hydrogen (secondary N) is 1. The van der Waals surface area contributed by atoms with Gasteiger partial charge < -0.3 is 10.4 Å². The lowest BCUT2D eigenvalue weighted by Gasteiger charge is -2.16. The molecule has 0 bridgehead atoms. The number of fused-ring (bicyclic) bond motifs is 1. The second-order valence-corrected chi connectivity index (χ2v) is 4.68. The second-order valence-electron chi connectivity index (χ2n) is 4.68. The average molecular weight is 261 g/mol. The quantitative estimate of drug-likeness (QED) is 0.862. The molecule has 0 fully saturated rings. The predicted octanol–water partition coefficient (Wildman–Crippen LogP) is 3.77. The van der Waals surface area contributed by atoms with Crippen LogP contribution in [0.4, 0.5) is 14.5 Å². The standard InChI is InChI=1S/C15H13F2NO/c16-11-4-2-5-12(17)15(11)18-13-8-7-10-9(13)3-1-6-14(10)19/h1-6,13,18-19H,7-8H2. The van der Waals surface area contributed by atoms with Crippen molar-refractivity contribution < 1.29 is 13.9 Å². The van der Waals surface area contributed by atoms with Gasteiger partial charge in [0.1, 0.15) is 23.1 Å². The van der Waals surface area contributed by atoms with Gasteiger partial charge in [-0.2, -0.15) is 0 Å². The summed E-state index contributed by atoms with van der Waals surface area (Å²) in [5.74, 6) is -0.960. The van der Waals surface area contributed by atoms with E-state index >= 15 is 0 Å². The fourth-order valence-electron chi connectivity index (χ4n) is 2.59. The molecule has 2 aromatic carbocycles. The van der Waals surface area contributed by atoms with E-state index in [0.717, 1.165) is 11.1 Å². The highest BCUT2D eigenvalue weighted by Gasteiger charge is 2.25. The van der Waals surface area contributed by atoms with Crippen LogP contribution in [0.2, 0.25) is 0 Å². The summed E-state index contributed by atoms with van der Waals surface area (Å²) in [6.07, 6.45) is 1.41. The SMILES string of the molecule is Oc1cccc2c1CCC2Nc1c(F)cccc1F. The van der Waals surface area contributed by atoms with E-state index in [9.17, 15) is 13.9 Å². The van der Waals surface area contributed by atoms with Gasteiger partial charge in [-0.05, 0) is 42.2 Å². The molecule has 1 aliphatic rings. The van der Waals surface area contributed by atoms with Gasteiger partial charge in [0.05, 0.1) is 6.04 Å². The minimum absolute atomic E-state index is 0.108. The Balaban J connectivity index is 1.93. The Labute approximate surface area is 109 Å². The van der Waals surface area contributed by atoms with Gasteiger partial charge in [-0.1, -0.05) is 18.2 Å². The number of hydrogen-bond donors (Lipinski definition) is 2. The Bertz CT molecular complexity index is 607. The minimum atomic E-state index is -0.603. The lowest BCUT2D eigenvalue weighted by molar-refractivity contribution is 0.469. The monoisotopic (exact) mass is 261 g/mol. The van der Waals surface area contributed by atoms with E-state index in [4.69, 9.17) is 0 Å². The van der Waals surface area contributed by atoms with Gasteiger partial charge in [0.2, 0.25) is 0 Å². The van der Waals surface area contributed by atoms with Crippen molar-refractivity contribution in [2.45, 2.75) is 18.9 Å². The van der Waals surface area contributed by atoms with Crippen LogP contribution in [-0.2, 0) is 6.42 Å². The number of para-hydroxylation sites is 1. The number of aromatic hydroxyl groups is 1. The molecule has 0 aliphatic heterocycles. The van der Waals surface area contributed by atoms with E-state index in [1.54, 1.807) is 12.1 Å². The maximum Gasteiger partial charge on any atom is 0.149 e. The molecule has 2 N–H and O–H groups in total. The lowest BCUT2D eigenvalue weighted by Crippen LogP contribution is -2.10. The number of anilines is 1. The van der Waals surface area contributed by atoms with Crippen LogP contribution >= 0.6 is 0 Å². The van der Waals surface area contributed by atoms with E-state index in [1.165, 1.54) is 18.2 Å². The first-order valence-electron chi connectivity index (χ1n) is 6.18. The number of benzene rings is 2. The zero-order chi connectivity index (χ0) is 13.4. The molecule has 1 aliphatic carbocycles. The molecule has 1 atom stereocenters. The maximum atomic E-state index is 13.6. The van der Waals surface area contributed by atoms with Gasteiger partial charge in [0.25, 0.3) is 0 Å². The minimum Gasteiger partial charge on any atom is -0.508 e. The molecule has 0 aromatic heterocycles. The Hall–Kier alpha value is -2.10. The van der Waals surface area contributed by atoms with Gasteiger partial charge in [-0.15, -0.1) is 0 Å². The number of halogens is 2. The summed E-state index contributed by atoms with van der Waals surface area (Å²) < 4.78 is 27.2. The molecule has 4 heteroatoms. The third-order valence-electron chi connectivity index (χ3n) is 3.53. The number of phenols is 1. The van der Waals surface area contributed by atoms with E-state index in [2.05, 4.69) is 5.32 Å². The summed E-state index contributed by atoms with van der Waals surface area (Å²) in [7, 11) is 0. The van der Waals surface area contributed by atoms with Crippen LogP contribution in [0.25, 0.3) is 0 Å². The largest absolute Gasteiger partial charge is 0.508 e. The molecule has 0 saturated carbocycles. The van der Waals surface area contributed by atoms with Crippen molar-refractivity contribution in [1.29, 1.82) is 0 Å². The van der Waals surface area contributed by atoms with Gasteiger partial charge >= 0.3 is 0 Å². The first-order valence-corrected chi connectivity index (χ1v) is 6.18. The molecule has 0 radical (unpaired) electrons. The Morgan fingerprint density at radius 2 is 1.74 bits per heavy atom. The molecule has 0 saturated heterocycles. The molecule has 19 heavy (non-hydrogen) atoms. The van der Waals surface area contributed by atoms with Gasteiger partial charge in [0.15, 0.2) is 0 Å². The van der Waals surface area contributed by atoms with Crippen LogP contribution < -0.4 is 5.32 Å². The number of phenolic OH excluding ortho intramolecular Hbond substituents is 1. The van der Waals surface area contributed by atoms with E-state index in [1.807, 2.05) is 6.07 Å². The van der Waals surface area contributed by atoms with Crippen molar-refractivity contribution in [3.8, 4) is 5.75 Å². The van der Waals surface area contributed by atoms with Crippen molar-refractivity contribution in [1.82, 2.24) is 0 Å². The van der Waals surface area contributed by atoms with Crippen LogP contribution in [-0.4, -0.2) is 5.11 Å². The maximum absolute atomic E-state index is 13.6. The van der Waals surface area contributed by atoms with Crippen molar-refractivity contribution >= 4 is 5.69 Å². The zero-order valence-electron chi connectivity index (χ0n) is 10.2. The number of hydrogen-bond acceptors (Lipinski definition) is 2. The molecular formula is C15H13F2NO. The molecule has 0 amide bonds. The van der Waals surface area contributed by atoms with E-state index in [-0.39, 0.29) is 17.5 Å². The first kappa shape index (κ1) is 12.0. The highest BCUT2D eigenvalue weighted by atomic mass is 19.1. The molecule has 1 unspecified atom stereocenters. The van der Waals surface area contributed by atoms with E-state index < -0.39 is 11.6 Å². The van der Waals surface area contributed by atoms with Gasteiger partial charge in [-0.3, -0.25) is 0 Å². The second kappa shape index (κ2) is 4.53. The van der Waals surface area contributed by atoms with Crippen LogP contribution in [0.15, 0.2) is 36.4 Å². The smallest absolute Gasteiger partial charge is 0.149 e. The predicted molar refractivity (Wildman–Crippen MR) is 69.1 cm³/mol. The van der Waals surface area contributed by atoms with Crippen LogP contribution in [0, 0.1) is 11.6 Å². The Kier molecular flexibility index (Phi) is 2.85. The highest BCUT2D eigenvalue weighted by molar-refractivity contribution is 5.52. The summed E-state index contributed by atoms with van der Waals surface area (Å²) in [6, 6.07) is 8.86. The summed E-state index contributed by atoms with van der Waals surface area (Å²) >= 11 is 0. The molecule has 2 nitrogen and oxygen atoms in total. The van der Waals surface area contributed by atoms with Crippen molar-refractivity contribution in [2.75, 3.05) is 5.32 Å². The fraction of sp³-hybridized carbons (Fsp3) is 0.200. The van der Waals surface area contributed by atoms with Crippen molar-refractivity contribution in [2.24, 2.45) is 0 Å². The summed E-state index contributed by atoms with van der Waals surface area (Å²) in [6.45, 7) is 0. The van der Waals surface area contributed by atoms with Gasteiger partial charge in [-0.25, -0.2) is 8.78 Å². The van der Waals surface area contributed by atoms with Crippen LogP contribution in [0.3, 0.4) is 0 Å². The van der Waals surface area contributed by atoms with Crippen molar-refractivity contribution in [3.63, 3.8) is 0 Å². The summed E-state index contributed by atoms with van der Waals surface area (Å²) in [5, 5.41) is 12.6. The highest BCUT2D eigenvalue weighted by Crippen LogP contribution is 2.38. The summed E-state index contributed by atoms with van der Waals surface area (Å²) in [5.41, 5.74) is 1.66. The van der Waals surface area contributed by atoms with Crippen LogP contribution in [0.1, 0.15) is 23.6 Å². The number of rotatable bonds is 2. The normalized spacial score (nSPS) is 17.3. The molecule has 3 rings (SSSR count). The molecular weight excluding hydrogens is 248 g/mol. The summed E-state index contributed by atoms with van der Waals surface area (Å²) in [4.78, 5) is 0.